The average Bonchev–Trinajstić information content (AvgIpc) is 2.57. The predicted molar refractivity (Wildman–Crippen MR) is 95.7 cm³/mol. The van der Waals surface area contributed by atoms with Crippen molar-refractivity contribution in [2.75, 3.05) is 13.1 Å². The quantitative estimate of drug-likeness (QED) is 0.802. The van der Waals surface area contributed by atoms with Gasteiger partial charge in [0.25, 0.3) is 5.56 Å². The Labute approximate surface area is 142 Å². The molecular formula is C18H25N3OS. The summed E-state index contributed by atoms with van der Waals surface area (Å²) >= 11 is 5.70. The van der Waals surface area contributed by atoms with E-state index in [0.717, 1.165) is 24.7 Å². The summed E-state index contributed by atoms with van der Waals surface area (Å²) in [6.07, 6.45) is 7.69. The number of nitrogens with one attached hydrogen (secondary N) is 1. The lowest BCUT2D eigenvalue weighted by atomic mass is 9.83. The van der Waals surface area contributed by atoms with Gasteiger partial charge in [0.1, 0.15) is 0 Å². The Morgan fingerprint density at radius 1 is 1.13 bits per heavy atom. The van der Waals surface area contributed by atoms with Crippen molar-refractivity contribution in [2.24, 2.45) is 5.92 Å². The fourth-order valence-corrected chi connectivity index (χ4v) is 4.89. The second-order valence-electron chi connectivity index (χ2n) is 7.39. The van der Waals surface area contributed by atoms with Crippen LogP contribution >= 0.6 is 12.2 Å². The van der Waals surface area contributed by atoms with Crippen molar-refractivity contribution in [3.8, 4) is 0 Å². The third kappa shape index (κ3) is 3.03. The summed E-state index contributed by atoms with van der Waals surface area (Å²) in [5.41, 5.74) is 1.34. The highest BCUT2D eigenvalue weighted by Gasteiger charge is 2.35. The molecule has 2 aliphatic heterocycles. The van der Waals surface area contributed by atoms with Crippen LogP contribution in [0.15, 0.2) is 23.0 Å². The van der Waals surface area contributed by atoms with E-state index in [0.29, 0.717) is 17.9 Å². The molecule has 4 nitrogen and oxygen atoms in total. The lowest BCUT2D eigenvalue weighted by molar-refractivity contribution is 0.175. The van der Waals surface area contributed by atoms with Crippen molar-refractivity contribution >= 4 is 17.3 Å². The van der Waals surface area contributed by atoms with E-state index in [1.807, 2.05) is 10.6 Å². The Hall–Kier alpha value is -1.36. The van der Waals surface area contributed by atoms with Gasteiger partial charge < -0.3 is 14.8 Å². The van der Waals surface area contributed by atoms with Crippen LogP contribution in [0.25, 0.3) is 0 Å². The van der Waals surface area contributed by atoms with Gasteiger partial charge in [-0.15, -0.1) is 0 Å². The molecule has 2 bridgehead atoms. The van der Waals surface area contributed by atoms with Crippen LogP contribution in [0.1, 0.15) is 50.1 Å². The zero-order valence-corrected chi connectivity index (χ0v) is 14.4. The monoisotopic (exact) mass is 331 g/mol. The standard InChI is InChI=1S/C18H25N3OS/c22-17-8-4-7-16-14-9-13(11-21(16)17)10-20(12-14)18(23)19-15-5-2-1-3-6-15/h4,7-8,13-15H,1-3,5-6,9-12H2,(H,19,23)/t13-,14+/m0/s1. The van der Waals surface area contributed by atoms with E-state index in [-0.39, 0.29) is 5.56 Å². The molecular weight excluding hydrogens is 306 g/mol. The molecule has 0 radical (unpaired) electrons. The Kier molecular flexibility index (Phi) is 4.14. The Bertz CT molecular complexity index is 650. The number of hydrogen-bond donors (Lipinski definition) is 1. The summed E-state index contributed by atoms with van der Waals surface area (Å²) in [6.45, 7) is 2.77. The van der Waals surface area contributed by atoms with E-state index >= 15 is 0 Å². The number of fused-ring (bicyclic) bond motifs is 4. The fourth-order valence-electron chi connectivity index (χ4n) is 4.58. The van der Waals surface area contributed by atoms with Gasteiger partial charge in [-0.25, -0.2) is 0 Å². The molecule has 1 aromatic heterocycles. The minimum atomic E-state index is 0.147. The van der Waals surface area contributed by atoms with Crippen LogP contribution in [0.4, 0.5) is 0 Å². The van der Waals surface area contributed by atoms with E-state index in [9.17, 15) is 4.79 Å². The summed E-state index contributed by atoms with van der Waals surface area (Å²) in [4.78, 5) is 14.4. The van der Waals surface area contributed by atoms with Gasteiger partial charge in [0, 0.05) is 43.4 Å². The first-order valence-electron chi connectivity index (χ1n) is 8.96. The predicted octanol–water partition coefficient (Wildman–Crippen LogP) is 2.47. The van der Waals surface area contributed by atoms with E-state index in [1.165, 1.54) is 44.2 Å². The first kappa shape index (κ1) is 15.2. The second kappa shape index (κ2) is 6.27. The number of piperidine rings is 1. The van der Waals surface area contributed by atoms with Gasteiger partial charge in [-0.1, -0.05) is 25.3 Å². The molecule has 3 aliphatic rings. The summed E-state index contributed by atoms with van der Waals surface area (Å²) < 4.78 is 1.98. The highest BCUT2D eigenvalue weighted by atomic mass is 32.1. The lowest BCUT2D eigenvalue weighted by Crippen LogP contribution is -2.53. The largest absolute Gasteiger partial charge is 0.360 e. The van der Waals surface area contributed by atoms with Crippen LogP contribution in [0, 0.1) is 5.92 Å². The van der Waals surface area contributed by atoms with Crippen molar-refractivity contribution in [1.29, 1.82) is 0 Å². The molecule has 3 heterocycles. The molecule has 0 amide bonds. The molecule has 0 spiro atoms. The molecule has 0 aromatic carbocycles. The Balaban J connectivity index is 1.47. The molecule has 0 unspecified atom stereocenters. The van der Waals surface area contributed by atoms with Crippen LogP contribution in [-0.2, 0) is 6.54 Å². The van der Waals surface area contributed by atoms with Crippen LogP contribution in [0.5, 0.6) is 0 Å². The Morgan fingerprint density at radius 2 is 1.96 bits per heavy atom. The van der Waals surface area contributed by atoms with Crippen LogP contribution in [0.2, 0.25) is 0 Å². The second-order valence-corrected chi connectivity index (χ2v) is 7.77. The molecule has 4 rings (SSSR count). The maximum atomic E-state index is 12.1. The molecule has 2 atom stereocenters. The topological polar surface area (TPSA) is 37.3 Å². The van der Waals surface area contributed by atoms with Gasteiger partial charge in [0.05, 0.1) is 0 Å². The molecule has 1 aliphatic carbocycles. The Morgan fingerprint density at radius 3 is 2.78 bits per heavy atom. The number of likely N-dealkylation sites (tertiary alicyclic amines) is 1. The van der Waals surface area contributed by atoms with Crippen LogP contribution in [-0.4, -0.2) is 33.7 Å². The molecule has 1 saturated heterocycles. The smallest absolute Gasteiger partial charge is 0.250 e. The summed E-state index contributed by atoms with van der Waals surface area (Å²) in [5.74, 6) is 0.968. The zero-order valence-electron chi connectivity index (χ0n) is 13.5. The maximum Gasteiger partial charge on any atom is 0.250 e. The maximum absolute atomic E-state index is 12.1. The summed E-state index contributed by atoms with van der Waals surface area (Å²) in [5, 5.41) is 4.53. The molecule has 1 saturated carbocycles. The highest BCUT2D eigenvalue weighted by Crippen LogP contribution is 2.35. The van der Waals surface area contributed by atoms with E-state index in [2.05, 4.69) is 16.3 Å². The molecule has 5 heteroatoms. The molecule has 2 fully saturated rings. The van der Waals surface area contributed by atoms with Gasteiger partial charge in [-0.05, 0) is 43.5 Å². The minimum Gasteiger partial charge on any atom is -0.360 e. The third-order valence-electron chi connectivity index (χ3n) is 5.70. The van der Waals surface area contributed by atoms with E-state index < -0.39 is 0 Å². The number of hydrogen-bond acceptors (Lipinski definition) is 2. The normalized spacial score (nSPS) is 27.4. The van der Waals surface area contributed by atoms with E-state index in [4.69, 9.17) is 12.2 Å². The number of pyridine rings is 1. The van der Waals surface area contributed by atoms with Crippen LogP contribution < -0.4 is 10.9 Å². The van der Waals surface area contributed by atoms with E-state index in [1.54, 1.807) is 6.07 Å². The fraction of sp³-hybridized carbons (Fsp3) is 0.667. The molecule has 23 heavy (non-hydrogen) atoms. The lowest BCUT2D eigenvalue weighted by Gasteiger charge is -2.44. The van der Waals surface area contributed by atoms with Crippen LogP contribution in [0.3, 0.4) is 0 Å². The van der Waals surface area contributed by atoms with Crippen molar-refractivity contribution in [2.45, 2.75) is 57.0 Å². The van der Waals surface area contributed by atoms with Crippen molar-refractivity contribution in [3.63, 3.8) is 0 Å². The summed E-state index contributed by atoms with van der Waals surface area (Å²) in [7, 11) is 0. The van der Waals surface area contributed by atoms with Crippen molar-refractivity contribution < 1.29 is 0 Å². The molecule has 1 aromatic rings. The number of rotatable bonds is 1. The summed E-state index contributed by atoms with van der Waals surface area (Å²) in [6, 6.07) is 6.25. The first-order valence-corrected chi connectivity index (χ1v) is 9.37. The third-order valence-corrected chi connectivity index (χ3v) is 6.08. The number of aromatic nitrogens is 1. The van der Waals surface area contributed by atoms with Gasteiger partial charge in [-0.2, -0.15) is 0 Å². The van der Waals surface area contributed by atoms with Crippen molar-refractivity contribution in [3.05, 3.63) is 34.2 Å². The first-order chi connectivity index (χ1) is 11.2. The number of thiocarbonyl (C=S) groups is 1. The SMILES string of the molecule is O=c1cccc2n1C[C@H]1C[C@@H]2CN(C(=S)NC2CCCCC2)C1. The van der Waals surface area contributed by atoms with Gasteiger partial charge in [-0.3, -0.25) is 4.79 Å². The van der Waals surface area contributed by atoms with Gasteiger partial charge in [0.15, 0.2) is 5.11 Å². The average molecular weight is 331 g/mol. The molecule has 1 N–H and O–H groups in total. The number of nitrogens with zero attached hydrogens (tertiary/aromatic N) is 2. The zero-order chi connectivity index (χ0) is 15.8. The van der Waals surface area contributed by atoms with Gasteiger partial charge in [0.2, 0.25) is 0 Å². The van der Waals surface area contributed by atoms with Crippen molar-refractivity contribution in [1.82, 2.24) is 14.8 Å². The molecule has 124 valence electrons. The van der Waals surface area contributed by atoms with Gasteiger partial charge >= 0.3 is 0 Å². The minimum absolute atomic E-state index is 0.147. The highest BCUT2D eigenvalue weighted by molar-refractivity contribution is 7.80.